The molecule has 2 saturated heterocycles. The molecule has 7 nitrogen and oxygen atoms in total. The molecule has 0 radical (unpaired) electrons. The van der Waals surface area contributed by atoms with Gasteiger partial charge in [-0.3, -0.25) is 14.4 Å². The number of carbonyl (C=O) groups is 4. The Morgan fingerprint density at radius 3 is 2.12 bits per heavy atom. The number of hydrogen-bond donors (Lipinski definition) is 0. The zero-order valence-electron chi connectivity index (χ0n) is 8.47. The summed E-state index contributed by atoms with van der Waals surface area (Å²) in [6.45, 7) is 0.272. The Kier molecular flexibility index (Phi) is 2.59. The van der Waals surface area contributed by atoms with Crippen molar-refractivity contribution in [2.45, 2.75) is 25.7 Å². The Morgan fingerprint density at radius 1 is 1.00 bits per heavy atom. The molecule has 0 bridgehead atoms. The molecule has 0 saturated carbocycles. The van der Waals surface area contributed by atoms with Crippen LogP contribution in [-0.2, 0) is 19.2 Å². The van der Waals surface area contributed by atoms with Crippen LogP contribution < -0.4 is 0 Å². The third-order valence-corrected chi connectivity index (χ3v) is 2.47. The summed E-state index contributed by atoms with van der Waals surface area (Å²) in [6, 6.07) is 0. The summed E-state index contributed by atoms with van der Waals surface area (Å²) < 4.78 is 0. The van der Waals surface area contributed by atoms with Crippen molar-refractivity contribution in [1.82, 2.24) is 9.96 Å². The molecule has 0 N–H and O–H groups in total. The number of hydroxylamine groups is 2. The zero-order chi connectivity index (χ0) is 11.7. The lowest BCUT2D eigenvalue weighted by molar-refractivity contribution is -0.174. The maximum absolute atomic E-state index is 11.4. The van der Waals surface area contributed by atoms with E-state index in [2.05, 4.69) is 4.84 Å². The smallest absolute Gasteiger partial charge is 0.310 e. The van der Waals surface area contributed by atoms with Crippen LogP contribution in [0, 0.1) is 0 Å². The molecule has 0 aromatic heterocycles. The van der Waals surface area contributed by atoms with Crippen molar-refractivity contribution in [1.29, 1.82) is 0 Å². The predicted molar refractivity (Wildman–Crippen MR) is 48.5 cm³/mol. The van der Waals surface area contributed by atoms with Crippen LogP contribution in [0.5, 0.6) is 0 Å². The molecular formula is C9H10N2O5. The largest absolute Gasteiger partial charge is 0.441 e. The predicted octanol–water partition coefficient (Wildman–Crippen LogP) is -0.191. The molecule has 0 unspecified atom stereocenters. The number of carbonyl (C=O) groups excluding carboxylic acids is 4. The van der Waals surface area contributed by atoms with Gasteiger partial charge in [0.2, 0.25) is 5.91 Å². The van der Waals surface area contributed by atoms with Crippen LogP contribution in [0.3, 0.4) is 0 Å². The van der Waals surface area contributed by atoms with Crippen molar-refractivity contribution in [2.75, 3.05) is 6.54 Å². The highest BCUT2D eigenvalue weighted by atomic mass is 16.7. The Morgan fingerprint density at radius 2 is 1.62 bits per heavy atom. The van der Waals surface area contributed by atoms with Gasteiger partial charge in [0, 0.05) is 25.8 Å². The highest BCUT2D eigenvalue weighted by Crippen LogP contribution is 2.16. The van der Waals surface area contributed by atoms with E-state index >= 15 is 0 Å². The fraction of sp³-hybridized carbons (Fsp3) is 0.556. The van der Waals surface area contributed by atoms with E-state index in [1.54, 1.807) is 0 Å². The fourth-order valence-electron chi connectivity index (χ4n) is 1.63. The summed E-state index contributed by atoms with van der Waals surface area (Å²) >= 11 is 0. The lowest BCUT2D eigenvalue weighted by atomic mass is 10.4. The number of hydrogen-bond acceptors (Lipinski definition) is 5. The molecule has 0 aromatic carbocycles. The lowest BCUT2D eigenvalue weighted by Crippen LogP contribution is -2.40. The first-order valence-corrected chi connectivity index (χ1v) is 4.97. The first-order valence-electron chi connectivity index (χ1n) is 4.97. The topological polar surface area (TPSA) is 84.0 Å². The van der Waals surface area contributed by atoms with Gasteiger partial charge in [-0.25, -0.2) is 9.69 Å². The van der Waals surface area contributed by atoms with Crippen molar-refractivity contribution < 1.29 is 24.0 Å². The SMILES string of the molecule is O=C1CCCN1C(=O)ON1C(=O)CCC1=O. The molecule has 0 aliphatic carbocycles. The second kappa shape index (κ2) is 3.92. The summed E-state index contributed by atoms with van der Waals surface area (Å²) in [6.07, 6.45) is -0.00136. The maximum atomic E-state index is 11.4. The molecule has 2 heterocycles. The summed E-state index contributed by atoms with van der Waals surface area (Å²) in [5, 5.41) is 0.438. The Labute approximate surface area is 90.9 Å². The molecule has 2 fully saturated rings. The van der Waals surface area contributed by atoms with Gasteiger partial charge in [-0.2, -0.15) is 0 Å². The molecule has 0 aromatic rings. The van der Waals surface area contributed by atoms with Crippen molar-refractivity contribution in [3.63, 3.8) is 0 Å². The van der Waals surface area contributed by atoms with Gasteiger partial charge in [-0.15, -0.1) is 5.06 Å². The van der Waals surface area contributed by atoms with E-state index in [0.29, 0.717) is 11.5 Å². The highest BCUT2D eigenvalue weighted by Gasteiger charge is 2.36. The second-order valence-electron chi connectivity index (χ2n) is 3.59. The number of imide groups is 2. The standard InChI is InChI=1S/C9H10N2O5/c12-6-2-1-5-10(6)9(15)16-11-7(13)3-4-8(11)14/h1-5H2. The van der Waals surface area contributed by atoms with E-state index < -0.39 is 17.9 Å². The highest BCUT2D eigenvalue weighted by molar-refractivity contribution is 6.02. The van der Waals surface area contributed by atoms with Crippen molar-refractivity contribution in [3.8, 4) is 0 Å². The number of amides is 4. The molecular weight excluding hydrogens is 216 g/mol. The number of rotatable bonds is 1. The first kappa shape index (κ1) is 10.6. The zero-order valence-corrected chi connectivity index (χ0v) is 8.47. The van der Waals surface area contributed by atoms with Gasteiger partial charge in [0.15, 0.2) is 0 Å². The van der Waals surface area contributed by atoms with Crippen LogP contribution in [0.4, 0.5) is 4.79 Å². The minimum absolute atomic E-state index is 0.0417. The number of likely N-dealkylation sites (tertiary alicyclic amines) is 1. The van der Waals surface area contributed by atoms with E-state index in [0.717, 1.165) is 4.90 Å². The van der Waals surface area contributed by atoms with Gasteiger partial charge in [0.25, 0.3) is 11.8 Å². The Balaban J connectivity index is 1.99. The van der Waals surface area contributed by atoms with Gasteiger partial charge >= 0.3 is 6.09 Å². The maximum Gasteiger partial charge on any atom is 0.441 e. The molecule has 2 aliphatic heterocycles. The third kappa shape index (κ3) is 1.75. The molecule has 2 aliphatic rings. The lowest BCUT2D eigenvalue weighted by Gasteiger charge is -2.17. The Hall–Kier alpha value is -1.92. The van der Waals surface area contributed by atoms with Gasteiger partial charge in [-0.05, 0) is 6.42 Å². The van der Waals surface area contributed by atoms with Crippen molar-refractivity contribution >= 4 is 23.8 Å². The summed E-state index contributed by atoms with van der Waals surface area (Å²) in [5.41, 5.74) is 0. The minimum atomic E-state index is -0.953. The molecule has 16 heavy (non-hydrogen) atoms. The van der Waals surface area contributed by atoms with Crippen LogP contribution in [-0.4, -0.2) is 40.3 Å². The van der Waals surface area contributed by atoms with Crippen LogP contribution in [0.2, 0.25) is 0 Å². The average molecular weight is 226 g/mol. The molecule has 7 heteroatoms. The first-order chi connectivity index (χ1) is 7.59. The third-order valence-electron chi connectivity index (χ3n) is 2.47. The molecule has 4 amide bonds. The summed E-state index contributed by atoms with van der Waals surface area (Å²) in [4.78, 5) is 50.4. The molecule has 0 spiro atoms. The second-order valence-corrected chi connectivity index (χ2v) is 3.59. The minimum Gasteiger partial charge on any atom is -0.310 e. The average Bonchev–Trinajstić information content (AvgIpc) is 2.79. The van der Waals surface area contributed by atoms with Gasteiger partial charge in [0.1, 0.15) is 0 Å². The van der Waals surface area contributed by atoms with E-state index in [9.17, 15) is 19.2 Å². The Bertz CT molecular complexity index is 362. The van der Waals surface area contributed by atoms with E-state index in [1.165, 1.54) is 0 Å². The van der Waals surface area contributed by atoms with Gasteiger partial charge in [-0.1, -0.05) is 0 Å². The van der Waals surface area contributed by atoms with Crippen LogP contribution in [0.15, 0.2) is 0 Å². The van der Waals surface area contributed by atoms with Gasteiger partial charge < -0.3 is 4.84 Å². The molecule has 0 atom stereocenters. The van der Waals surface area contributed by atoms with Crippen LogP contribution >= 0.6 is 0 Å². The van der Waals surface area contributed by atoms with E-state index in [-0.39, 0.29) is 31.7 Å². The van der Waals surface area contributed by atoms with Gasteiger partial charge in [0.05, 0.1) is 0 Å². The fourth-order valence-corrected chi connectivity index (χ4v) is 1.63. The molecule has 2 rings (SSSR count). The van der Waals surface area contributed by atoms with Crippen LogP contribution in [0.25, 0.3) is 0 Å². The summed E-state index contributed by atoms with van der Waals surface area (Å²) in [7, 11) is 0. The monoisotopic (exact) mass is 226 g/mol. The van der Waals surface area contributed by atoms with E-state index in [1.807, 2.05) is 0 Å². The van der Waals surface area contributed by atoms with E-state index in [4.69, 9.17) is 0 Å². The van der Waals surface area contributed by atoms with Crippen LogP contribution in [0.1, 0.15) is 25.7 Å². The molecule has 86 valence electrons. The van der Waals surface area contributed by atoms with Crippen molar-refractivity contribution in [2.24, 2.45) is 0 Å². The summed E-state index contributed by atoms with van der Waals surface area (Å²) in [5.74, 6) is -1.45. The van der Waals surface area contributed by atoms with Crippen molar-refractivity contribution in [3.05, 3.63) is 0 Å². The quantitative estimate of drug-likeness (QED) is 0.578. The normalized spacial score (nSPS) is 20.9. The number of nitrogens with zero attached hydrogens (tertiary/aromatic N) is 2.